The standard InChI is InChI=1S/C6H9NO/c8-5-4-6(5)2-1-3-7-6/h7H,1-4H2. The van der Waals surface area contributed by atoms with Gasteiger partial charge in [-0.25, -0.2) is 0 Å². The van der Waals surface area contributed by atoms with E-state index < -0.39 is 0 Å². The van der Waals surface area contributed by atoms with E-state index >= 15 is 0 Å². The molecular formula is C6H9NO. The third-order valence-electron chi connectivity index (χ3n) is 2.11. The highest BCUT2D eigenvalue weighted by atomic mass is 16.1. The molecule has 1 heterocycles. The summed E-state index contributed by atoms with van der Waals surface area (Å²) in [4.78, 5) is 10.6. The van der Waals surface area contributed by atoms with Crippen LogP contribution in [0.1, 0.15) is 19.3 Å². The van der Waals surface area contributed by atoms with Crippen molar-refractivity contribution in [2.24, 2.45) is 0 Å². The van der Waals surface area contributed by atoms with Crippen molar-refractivity contribution >= 4 is 5.78 Å². The minimum atomic E-state index is 0.0139. The molecule has 1 saturated heterocycles. The minimum absolute atomic E-state index is 0.0139. The van der Waals surface area contributed by atoms with Crippen LogP contribution in [0.2, 0.25) is 0 Å². The summed E-state index contributed by atoms with van der Waals surface area (Å²) in [6.45, 7) is 1.05. The van der Waals surface area contributed by atoms with E-state index in [0.717, 1.165) is 19.4 Å². The average Bonchev–Trinajstić information content (AvgIpc) is 2.29. The lowest BCUT2D eigenvalue weighted by Crippen LogP contribution is -2.25. The largest absolute Gasteiger partial charge is 0.305 e. The van der Waals surface area contributed by atoms with Crippen LogP contribution in [-0.2, 0) is 4.79 Å². The molecule has 0 aromatic rings. The molecule has 0 aromatic heterocycles. The lowest BCUT2D eigenvalue weighted by Gasteiger charge is -1.98. The fourth-order valence-electron chi connectivity index (χ4n) is 1.43. The fourth-order valence-corrected chi connectivity index (χ4v) is 1.43. The zero-order valence-electron chi connectivity index (χ0n) is 4.74. The lowest BCUT2D eigenvalue weighted by atomic mass is 10.2. The maximum Gasteiger partial charge on any atom is 0.155 e. The second kappa shape index (κ2) is 1.13. The molecule has 44 valence electrons. The zero-order chi connectivity index (χ0) is 5.61. The summed E-state index contributed by atoms with van der Waals surface area (Å²) in [6.07, 6.45) is 3.07. The van der Waals surface area contributed by atoms with Crippen LogP contribution in [0.4, 0.5) is 0 Å². The van der Waals surface area contributed by atoms with Crippen molar-refractivity contribution in [2.45, 2.75) is 24.8 Å². The maximum atomic E-state index is 10.6. The van der Waals surface area contributed by atoms with E-state index in [0.29, 0.717) is 5.78 Å². The Balaban J connectivity index is 2.16. The van der Waals surface area contributed by atoms with Gasteiger partial charge in [-0.2, -0.15) is 0 Å². The SMILES string of the molecule is O=C1CC12CCCN2. The van der Waals surface area contributed by atoms with E-state index in [-0.39, 0.29) is 5.54 Å². The monoisotopic (exact) mass is 111 g/mol. The highest BCUT2D eigenvalue weighted by Gasteiger charge is 2.54. The van der Waals surface area contributed by atoms with Gasteiger partial charge in [-0.3, -0.25) is 4.79 Å². The first-order chi connectivity index (χ1) is 3.83. The molecule has 2 fully saturated rings. The minimum Gasteiger partial charge on any atom is -0.305 e. The topological polar surface area (TPSA) is 29.1 Å². The van der Waals surface area contributed by atoms with E-state index in [1.165, 1.54) is 6.42 Å². The Bertz CT molecular complexity index is 135. The third-order valence-corrected chi connectivity index (χ3v) is 2.11. The van der Waals surface area contributed by atoms with Gasteiger partial charge in [0.25, 0.3) is 0 Å². The van der Waals surface area contributed by atoms with Crippen molar-refractivity contribution in [3.05, 3.63) is 0 Å². The normalized spacial score (nSPS) is 43.8. The Hall–Kier alpha value is -0.370. The second-order valence-corrected chi connectivity index (χ2v) is 2.71. The molecule has 0 bridgehead atoms. The number of hydrogen-bond donors (Lipinski definition) is 1. The van der Waals surface area contributed by atoms with Crippen molar-refractivity contribution in [1.82, 2.24) is 5.32 Å². The van der Waals surface area contributed by atoms with Gasteiger partial charge in [0.15, 0.2) is 5.78 Å². The average molecular weight is 111 g/mol. The van der Waals surface area contributed by atoms with Crippen LogP contribution in [0.5, 0.6) is 0 Å². The van der Waals surface area contributed by atoms with E-state index in [4.69, 9.17) is 0 Å². The molecule has 1 aliphatic heterocycles. The molecule has 1 N–H and O–H groups in total. The Kier molecular flexibility index (Phi) is 0.637. The van der Waals surface area contributed by atoms with Gasteiger partial charge in [0, 0.05) is 6.42 Å². The molecule has 0 radical (unpaired) electrons. The Morgan fingerprint density at radius 2 is 2.38 bits per heavy atom. The van der Waals surface area contributed by atoms with Gasteiger partial charge < -0.3 is 5.32 Å². The zero-order valence-corrected chi connectivity index (χ0v) is 4.74. The fraction of sp³-hybridized carbons (Fsp3) is 0.833. The summed E-state index contributed by atoms with van der Waals surface area (Å²) < 4.78 is 0. The Morgan fingerprint density at radius 1 is 1.62 bits per heavy atom. The molecule has 1 atom stereocenters. The van der Waals surface area contributed by atoms with Crippen molar-refractivity contribution < 1.29 is 4.79 Å². The highest BCUT2D eigenvalue weighted by molar-refractivity contribution is 6.05. The Morgan fingerprint density at radius 3 is 2.62 bits per heavy atom. The summed E-state index contributed by atoms with van der Waals surface area (Å²) in [7, 11) is 0. The summed E-state index contributed by atoms with van der Waals surface area (Å²) in [5, 5.41) is 3.21. The Labute approximate surface area is 48.3 Å². The third kappa shape index (κ3) is 0.388. The first-order valence-electron chi connectivity index (χ1n) is 3.12. The van der Waals surface area contributed by atoms with Gasteiger partial charge >= 0.3 is 0 Å². The van der Waals surface area contributed by atoms with Gasteiger partial charge in [-0.15, -0.1) is 0 Å². The molecule has 1 unspecified atom stereocenters. The van der Waals surface area contributed by atoms with Gasteiger partial charge in [0.1, 0.15) is 0 Å². The molecular weight excluding hydrogens is 102 g/mol. The van der Waals surface area contributed by atoms with Gasteiger partial charge in [0.2, 0.25) is 0 Å². The van der Waals surface area contributed by atoms with Crippen LogP contribution in [0.25, 0.3) is 0 Å². The quantitative estimate of drug-likeness (QED) is 0.479. The van der Waals surface area contributed by atoms with Crippen LogP contribution in [0.15, 0.2) is 0 Å². The molecule has 2 heteroatoms. The van der Waals surface area contributed by atoms with Crippen LogP contribution in [0.3, 0.4) is 0 Å². The van der Waals surface area contributed by atoms with E-state index in [1.807, 2.05) is 0 Å². The first kappa shape index (κ1) is 4.50. The maximum absolute atomic E-state index is 10.6. The van der Waals surface area contributed by atoms with Gasteiger partial charge in [0.05, 0.1) is 5.54 Å². The van der Waals surface area contributed by atoms with E-state index in [2.05, 4.69) is 5.32 Å². The van der Waals surface area contributed by atoms with Crippen LogP contribution >= 0.6 is 0 Å². The van der Waals surface area contributed by atoms with Crippen LogP contribution in [0, 0.1) is 0 Å². The summed E-state index contributed by atoms with van der Waals surface area (Å²) in [5.41, 5.74) is 0.0139. The van der Waals surface area contributed by atoms with E-state index in [1.54, 1.807) is 0 Å². The molecule has 1 aliphatic carbocycles. The number of rotatable bonds is 0. The van der Waals surface area contributed by atoms with Crippen molar-refractivity contribution in [1.29, 1.82) is 0 Å². The number of carbonyl (C=O) groups is 1. The molecule has 8 heavy (non-hydrogen) atoms. The molecule has 2 nitrogen and oxygen atoms in total. The van der Waals surface area contributed by atoms with Crippen LogP contribution < -0.4 is 5.32 Å². The summed E-state index contributed by atoms with van der Waals surface area (Å²) in [5.74, 6) is 0.426. The molecule has 0 aromatic carbocycles. The van der Waals surface area contributed by atoms with Gasteiger partial charge in [-0.05, 0) is 19.4 Å². The van der Waals surface area contributed by atoms with Crippen molar-refractivity contribution in [3.8, 4) is 0 Å². The predicted octanol–water partition coefficient (Wildman–Crippen LogP) is 0.0814. The van der Waals surface area contributed by atoms with Crippen molar-refractivity contribution in [3.63, 3.8) is 0 Å². The number of carbonyl (C=O) groups excluding carboxylic acids is 1. The number of hydrogen-bond acceptors (Lipinski definition) is 2. The molecule has 2 rings (SSSR count). The highest BCUT2D eigenvalue weighted by Crippen LogP contribution is 2.38. The smallest absolute Gasteiger partial charge is 0.155 e. The molecule has 1 saturated carbocycles. The number of ketones is 1. The van der Waals surface area contributed by atoms with Crippen molar-refractivity contribution in [2.75, 3.05) is 6.54 Å². The molecule has 2 aliphatic rings. The summed E-state index contributed by atoms with van der Waals surface area (Å²) >= 11 is 0. The van der Waals surface area contributed by atoms with Crippen LogP contribution in [-0.4, -0.2) is 17.9 Å². The molecule has 0 amide bonds. The van der Waals surface area contributed by atoms with E-state index in [9.17, 15) is 4.79 Å². The second-order valence-electron chi connectivity index (χ2n) is 2.71. The van der Waals surface area contributed by atoms with Gasteiger partial charge in [-0.1, -0.05) is 0 Å². The lowest BCUT2D eigenvalue weighted by molar-refractivity contribution is -0.111. The first-order valence-corrected chi connectivity index (χ1v) is 3.12. The number of nitrogens with one attached hydrogen (secondary N) is 1. The predicted molar refractivity (Wildman–Crippen MR) is 29.6 cm³/mol. The molecule has 1 spiro atoms. The summed E-state index contributed by atoms with van der Waals surface area (Å²) in [6, 6.07) is 0. The number of Topliss-reactive ketones (excluding diaryl/α,β-unsaturated/α-hetero) is 1.